The molecule has 6 rings (SSSR count). The number of aromatic carboxylic acids is 1. The van der Waals surface area contributed by atoms with Gasteiger partial charge in [0.25, 0.3) is 0 Å². The molecule has 0 bridgehead atoms. The number of rotatable bonds is 8. The molecule has 0 unspecified atom stereocenters. The van der Waals surface area contributed by atoms with Gasteiger partial charge in [0.05, 0.1) is 30.5 Å². The first-order chi connectivity index (χ1) is 20.8. The first-order valence-electron chi connectivity index (χ1n) is 13.8. The van der Waals surface area contributed by atoms with Crippen LogP contribution in [0.2, 0.25) is 0 Å². The third-order valence-electron chi connectivity index (χ3n) is 7.67. The van der Waals surface area contributed by atoms with Crippen molar-refractivity contribution in [3.63, 3.8) is 0 Å². The molecule has 2 aromatic heterocycles. The lowest BCUT2D eigenvalue weighted by molar-refractivity contribution is 0.0697. The highest BCUT2D eigenvalue weighted by atomic mass is 32.1. The third-order valence-corrected chi connectivity index (χ3v) is 7.98. The number of carboxylic acid groups (broad SMARTS) is 1. The summed E-state index contributed by atoms with van der Waals surface area (Å²) in [4.78, 5) is 18.2. The van der Waals surface area contributed by atoms with Crippen molar-refractivity contribution in [2.45, 2.75) is 25.9 Å². The topological polar surface area (TPSA) is 88.9 Å². The van der Waals surface area contributed by atoms with Crippen LogP contribution in [0.5, 0.6) is 17.2 Å². The third kappa shape index (κ3) is 5.42. The number of aryl methyl sites for hydroxylation is 1. The van der Waals surface area contributed by atoms with Crippen LogP contribution in [0.1, 0.15) is 45.1 Å². The van der Waals surface area contributed by atoms with Gasteiger partial charge in [-0.3, -0.25) is 4.98 Å². The van der Waals surface area contributed by atoms with E-state index in [-0.39, 0.29) is 17.6 Å². The van der Waals surface area contributed by atoms with Gasteiger partial charge in [-0.1, -0.05) is 6.07 Å². The first-order valence-corrected chi connectivity index (χ1v) is 14.2. The molecule has 43 heavy (non-hydrogen) atoms. The van der Waals surface area contributed by atoms with Crippen LogP contribution in [0.3, 0.4) is 0 Å². The average molecular weight is 591 g/mol. The summed E-state index contributed by atoms with van der Waals surface area (Å²) < 4.78 is 13.4. The van der Waals surface area contributed by atoms with E-state index >= 15 is 0 Å². The minimum Gasteiger partial charge on any atom is -0.497 e. The second-order valence-electron chi connectivity index (χ2n) is 10.3. The Labute approximate surface area is 255 Å². The number of methoxy groups -OCH3 is 1. The van der Waals surface area contributed by atoms with Gasteiger partial charge in [0.15, 0.2) is 5.11 Å². The largest absolute Gasteiger partial charge is 0.497 e. The number of benzene rings is 3. The van der Waals surface area contributed by atoms with E-state index in [1.807, 2.05) is 85.8 Å². The molecule has 2 N–H and O–H groups in total. The number of nitrogens with one attached hydrogen (secondary N) is 1. The van der Waals surface area contributed by atoms with E-state index in [9.17, 15) is 9.90 Å². The summed E-state index contributed by atoms with van der Waals surface area (Å²) in [5, 5.41) is 13.5. The molecule has 1 aliphatic heterocycles. The number of thiocarbonyl (C=S) groups is 1. The Morgan fingerprint density at radius 2 is 1.51 bits per heavy atom. The van der Waals surface area contributed by atoms with Crippen molar-refractivity contribution >= 4 is 29.0 Å². The highest BCUT2D eigenvalue weighted by Crippen LogP contribution is 2.44. The van der Waals surface area contributed by atoms with E-state index in [0.29, 0.717) is 16.6 Å². The summed E-state index contributed by atoms with van der Waals surface area (Å²) in [6.07, 6.45) is 1.79. The molecule has 1 saturated heterocycles. The Bertz CT molecular complexity index is 1770. The SMILES string of the molecule is COc1ccc(Oc2ccc(N3C(=S)N[C@@H](c4ccccn4)[C@H]3c3cc(C)n(-c4ccc(C(=O)O)cc4)c3C)cc2)cc1. The van der Waals surface area contributed by atoms with Gasteiger partial charge in [-0.2, -0.15) is 0 Å². The molecule has 5 aromatic rings. The van der Waals surface area contributed by atoms with Crippen molar-refractivity contribution in [2.24, 2.45) is 0 Å². The summed E-state index contributed by atoms with van der Waals surface area (Å²) in [6.45, 7) is 4.13. The van der Waals surface area contributed by atoms with Crippen molar-refractivity contribution in [3.8, 4) is 22.9 Å². The van der Waals surface area contributed by atoms with Crippen molar-refractivity contribution in [3.05, 3.63) is 131 Å². The van der Waals surface area contributed by atoms with E-state index in [2.05, 4.69) is 32.8 Å². The molecule has 3 heterocycles. The van der Waals surface area contributed by atoms with Gasteiger partial charge in [0.1, 0.15) is 17.2 Å². The van der Waals surface area contributed by atoms with Gasteiger partial charge in [-0.05, 0) is 123 Å². The highest BCUT2D eigenvalue weighted by molar-refractivity contribution is 7.80. The summed E-state index contributed by atoms with van der Waals surface area (Å²) >= 11 is 5.93. The van der Waals surface area contributed by atoms with E-state index in [0.717, 1.165) is 39.8 Å². The van der Waals surface area contributed by atoms with Crippen LogP contribution in [0, 0.1) is 13.8 Å². The van der Waals surface area contributed by atoms with E-state index in [1.165, 1.54) is 0 Å². The molecule has 1 fully saturated rings. The van der Waals surface area contributed by atoms with E-state index < -0.39 is 5.97 Å². The van der Waals surface area contributed by atoms with Gasteiger partial charge < -0.3 is 29.4 Å². The maximum absolute atomic E-state index is 11.4. The number of hydrogen-bond donors (Lipinski definition) is 2. The molecule has 8 nitrogen and oxygen atoms in total. The smallest absolute Gasteiger partial charge is 0.335 e. The fourth-order valence-electron chi connectivity index (χ4n) is 5.64. The predicted octanol–water partition coefficient (Wildman–Crippen LogP) is 7.17. The van der Waals surface area contributed by atoms with Crippen molar-refractivity contribution < 1.29 is 19.4 Å². The van der Waals surface area contributed by atoms with Crippen LogP contribution in [0.15, 0.2) is 103 Å². The van der Waals surface area contributed by atoms with Crippen LogP contribution >= 0.6 is 12.2 Å². The Morgan fingerprint density at radius 1 is 0.884 bits per heavy atom. The van der Waals surface area contributed by atoms with Crippen molar-refractivity contribution in [2.75, 3.05) is 12.0 Å². The number of pyridine rings is 1. The highest BCUT2D eigenvalue weighted by Gasteiger charge is 2.42. The van der Waals surface area contributed by atoms with Crippen LogP contribution in [-0.4, -0.2) is 32.8 Å². The molecule has 2 atom stereocenters. The van der Waals surface area contributed by atoms with Crippen LogP contribution in [0.25, 0.3) is 5.69 Å². The number of hydrogen-bond acceptors (Lipinski definition) is 5. The molecule has 1 aliphatic rings. The Balaban J connectivity index is 1.38. The summed E-state index contributed by atoms with van der Waals surface area (Å²) in [5.74, 6) is 1.23. The number of carboxylic acids is 1. The minimum absolute atomic E-state index is 0.200. The molecule has 216 valence electrons. The number of carbonyl (C=O) groups is 1. The van der Waals surface area contributed by atoms with E-state index in [4.69, 9.17) is 21.7 Å². The molecule has 0 spiro atoms. The van der Waals surface area contributed by atoms with Gasteiger partial charge in [-0.15, -0.1) is 0 Å². The van der Waals surface area contributed by atoms with Crippen LogP contribution in [-0.2, 0) is 0 Å². The molecule has 3 aromatic carbocycles. The van der Waals surface area contributed by atoms with Gasteiger partial charge in [0.2, 0.25) is 0 Å². The normalized spacial score (nSPS) is 16.2. The predicted molar refractivity (Wildman–Crippen MR) is 170 cm³/mol. The Morgan fingerprint density at radius 3 is 2.12 bits per heavy atom. The standard InChI is InChI=1S/C34H30N4O4S/c1-21-20-29(22(2)37(21)24-9-7-23(8-10-24)33(39)40)32-31(30-6-4-5-19-35-30)36-34(43)38(32)25-11-13-27(14-12-25)42-28-17-15-26(41-3)16-18-28/h4-20,31-32H,1-3H3,(H,36,43)(H,39,40)/t31-,32+/m0/s1. The zero-order valence-corrected chi connectivity index (χ0v) is 24.7. The lowest BCUT2D eigenvalue weighted by Crippen LogP contribution is -2.29. The number of nitrogens with zero attached hydrogens (tertiary/aromatic N) is 3. The quantitative estimate of drug-likeness (QED) is 0.184. The minimum atomic E-state index is -0.951. The zero-order chi connectivity index (χ0) is 30.1. The van der Waals surface area contributed by atoms with Crippen molar-refractivity contribution in [1.82, 2.24) is 14.9 Å². The molecule has 0 radical (unpaired) electrons. The van der Waals surface area contributed by atoms with Crippen molar-refractivity contribution in [1.29, 1.82) is 0 Å². The van der Waals surface area contributed by atoms with Gasteiger partial charge in [0, 0.05) is 29.0 Å². The summed E-state index contributed by atoms with van der Waals surface area (Å²) in [7, 11) is 1.63. The van der Waals surface area contributed by atoms with Crippen LogP contribution in [0.4, 0.5) is 5.69 Å². The maximum Gasteiger partial charge on any atom is 0.335 e. The van der Waals surface area contributed by atoms with Gasteiger partial charge >= 0.3 is 5.97 Å². The fraction of sp³-hybridized carbons (Fsp3) is 0.147. The molecular formula is C34H30N4O4S. The second-order valence-corrected chi connectivity index (χ2v) is 10.7. The summed E-state index contributed by atoms with van der Waals surface area (Å²) in [6, 6.07) is 29.9. The first kappa shape index (κ1) is 28.0. The molecule has 0 saturated carbocycles. The lowest BCUT2D eigenvalue weighted by atomic mass is 9.96. The average Bonchev–Trinajstić information content (AvgIpc) is 3.52. The molecular weight excluding hydrogens is 560 g/mol. The molecule has 9 heteroatoms. The Kier molecular flexibility index (Phi) is 7.56. The molecule has 0 amide bonds. The second kappa shape index (κ2) is 11.6. The number of ether oxygens (including phenoxy) is 2. The van der Waals surface area contributed by atoms with Crippen LogP contribution < -0.4 is 19.7 Å². The molecule has 0 aliphatic carbocycles. The Hall–Kier alpha value is -5.15. The fourth-order valence-corrected chi connectivity index (χ4v) is 5.99. The lowest BCUT2D eigenvalue weighted by Gasteiger charge is -2.28. The number of aromatic nitrogens is 2. The van der Waals surface area contributed by atoms with Gasteiger partial charge in [-0.25, -0.2) is 4.79 Å². The van der Waals surface area contributed by atoms with E-state index in [1.54, 1.807) is 25.4 Å². The monoisotopic (exact) mass is 590 g/mol. The maximum atomic E-state index is 11.4. The number of anilines is 1. The zero-order valence-electron chi connectivity index (χ0n) is 23.9. The summed E-state index contributed by atoms with van der Waals surface area (Å²) in [5.41, 5.74) is 6.07.